The van der Waals surface area contributed by atoms with E-state index in [0.717, 1.165) is 51.8 Å². The van der Waals surface area contributed by atoms with Gasteiger partial charge in [0.15, 0.2) is 5.96 Å². The van der Waals surface area contributed by atoms with Crippen molar-refractivity contribution in [1.29, 1.82) is 0 Å². The molecule has 0 aliphatic carbocycles. The van der Waals surface area contributed by atoms with E-state index in [-0.39, 0.29) is 0 Å². The van der Waals surface area contributed by atoms with Gasteiger partial charge in [0.2, 0.25) is 0 Å². The molecule has 0 aromatic carbocycles. The van der Waals surface area contributed by atoms with Crippen molar-refractivity contribution in [3.05, 3.63) is 0 Å². The molecule has 2 heterocycles. The summed E-state index contributed by atoms with van der Waals surface area (Å²) >= 11 is 0. The van der Waals surface area contributed by atoms with Crippen LogP contribution in [-0.2, 0) is 4.74 Å². The number of hydrogen-bond donors (Lipinski definition) is 1. The molecule has 0 bridgehead atoms. The van der Waals surface area contributed by atoms with Crippen molar-refractivity contribution in [2.75, 3.05) is 39.4 Å². The third kappa shape index (κ3) is 4.87. The number of nitrogens with zero attached hydrogens (tertiary/aromatic N) is 2. The summed E-state index contributed by atoms with van der Waals surface area (Å²) in [7, 11) is 0. The second-order valence-corrected chi connectivity index (χ2v) is 7.01. The zero-order chi connectivity index (χ0) is 15.1. The molecule has 0 radical (unpaired) electrons. The molecular weight excluding hydrogens is 262 g/mol. The minimum atomic E-state index is 0.458. The van der Waals surface area contributed by atoms with Crippen molar-refractivity contribution in [3.8, 4) is 0 Å². The van der Waals surface area contributed by atoms with Gasteiger partial charge in [-0.1, -0.05) is 20.3 Å². The van der Waals surface area contributed by atoms with Crippen LogP contribution in [0.1, 0.15) is 52.9 Å². The van der Waals surface area contributed by atoms with Gasteiger partial charge in [-0.05, 0) is 38.0 Å². The highest BCUT2D eigenvalue weighted by atomic mass is 16.5. The van der Waals surface area contributed by atoms with Crippen molar-refractivity contribution in [2.24, 2.45) is 16.3 Å². The molecule has 0 amide bonds. The number of likely N-dealkylation sites (tertiary alicyclic amines) is 1. The SMILES string of the molecule is CCCC1(C)CCCN(C(=NCC2CCOC2)NCC)C1. The van der Waals surface area contributed by atoms with Crippen molar-refractivity contribution in [2.45, 2.75) is 52.9 Å². The summed E-state index contributed by atoms with van der Waals surface area (Å²) in [6.07, 6.45) is 6.40. The minimum Gasteiger partial charge on any atom is -0.381 e. The molecule has 2 unspecified atom stereocenters. The molecule has 2 rings (SSSR count). The summed E-state index contributed by atoms with van der Waals surface area (Å²) in [5.41, 5.74) is 0.458. The van der Waals surface area contributed by atoms with Crippen molar-refractivity contribution >= 4 is 5.96 Å². The first-order chi connectivity index (χ1) is 10.2. The van der Waals surface area contributed by atoms with Crippen molar-refractivity contribution in [3.63, 3.8) is 0 Å². The Balaban J connectivity index is 1.97. The van der Waals surface area contributed by atoms with E-state index in [1.54, 1.807) is 0 Å². The van der Waals surface area contributed by atoms with Crippen LogP contribution in [-0.4, -0.2) is 50.3 Å². The van der Waals surface area contributed by atoms with Crippen LogP contribution < -0.4 is 5.32 Å². The van der Waals surface area contributed by atoms with E-state index in [1.807, 2.05) is 0 Å². The summed E-state index contributed by atoms with van der Waals surface area (Å²) < 4.78 is 5.46. The summed E-state index contributed by atoms with van der Waals surface area (Å²) in [5, 5.41) is 3.49. The smallest absolute Gasteiger partial charge is 0.193 e. The number of guanidine groups is 1. The highest BCUT2D eigenvalue weighted by molar-refractivity contribution is 5.80. The Bertz CT molecular complexity index is 335. The van der Waals surface area contributed by atoms with E-state index in [4.69, 9.17) is 9.73 Å². The molecule has 2 aliphatic heterocycles. The van der Waals surface area contributed by atoms with Gasteiger partial charge in [0.05, 0.1) is 6.61 Å². The van der Waals surface area contributed by atoms with Crippen LogP contribution in [0.3, 0.4) is 0 Å². The Labute approximate surface area is 130 Å². The summed E-state index contributed by atoms with van der Waals surface area (Å²) in [5.74, 6) is 1.73. The number of aliphatic imine (C=N–C) groups is 1. The second kappa shape index (κ2) is 8.02. The van der Waals surface area contributed by atoms with E-state index in [9.17, 15) is 0 Å². The Morgan fingerprint density at radius 2 is 2.29 bits per heavy atom. The number of hydrogen-bond acceptors (Lipinski definition) is 2. The van der Waals surface area contributed by atoms with Crippen LogP contribution in [0.4, 0.5) is 0 Å². The van der Waals surface area contributed by atoms with Gasteiger partial charge >= 0.3 is 0 Å². The minimum absolute atomic E-state index is 0.458. The van der Waals surface area contributed by atoms with Crippen LogP contribution in [0, 0.1) is 11.3 Å². The molecule has 1 N–H and O–H groups in total. The van der Waals surface area contributed by atoms with Gasteiger partial charge in [0.25, 0.3) is 0 Å². The maximum atomic E-state index is 5.46. The first kappa shape index (κ1) is 16.6. The number of ether oxygens (including phenoxy) is 1. The Morgan fingerprint density at radius 3 is 2.95 bits per heavy atom. The van der Waals surface area contributed by atoms with E-state index in [2.05, 4.69) is 31.0 Å². The third-order valence-electron chi connectivity index (χ3n) is 4.79. The van der Waals surface area contributed by atoms with Gasteiger partial charge in [-0.15, -0.1) is 0 Å². The summed E-state index contributed by atoms with van der Waals surface area (Å²) in [4.78, 5) is 7.38. The lowest BCUT2D eigenvalue weighted by molar-refractivity contribution is 0.142. The lowest BCUT2D eigenvalue weighted by Crippen LogP contribution is -2.50. The average Bonchev–Trinajstić information content (AvgIpc) is 2.96. The molecule has 2 atom stereocenters. The van der Waals surface area contributed by atoms with Crippen molar-refractivity contribution in [1.82, 2.24) is 10.2 Å². The maximum absolute atomic E-state index is 5.46. The van der Waals surface area contributed by atoms with Crippen LogP contribution in [0.2, 0.25) is 0 Å². The Morgan fingerprint density at radius 1 is 1.43 bits per heavy atom. The second-order valence-electron chi connectivity index (χ2n) is 7.01. The van der Waals surface area contributed by atoms with E-state index in [1.165, 1.54) is 25.7 Å². The average molecular weight is 295 g/mol. The standard InChI is InChI=1S/C17H33N3O/c1-4-8-17(3)9-6-10-20(14-17)16(18-5-2)19-12-15-7-11-21-13-15/h15H,4-14H2,1-3H3,(H,18,19). The van der Waals surface area contributed by atoms with Gasteiger partial charge in [0, 0.05) is 38.7 Å². The van der Waals surface area contributed by atoms with Crippen LogP contribution in [0.25, 0.3) is 0 Å². The molecular formula is C17H33N3O. The molecule has 4 heteroatoms. The fourth-order valence-electron chi connectivity index (χ4n) is 3.67. The van der Waals surface area contributed by atoms with E-state index < -0.39 is 0 Å². The summed E-state index contributed by atoms with van der Waals surface area (Å²) in [6.45, 7) is 12.8. The maximum Gasteiger partial charge on any atom is 0.193 e. The number of piperidine rings is 1. The molecule has 0 saturated carbocycles. The fraction of sp³-hybridized carbons (Fsp3) is 0.941. The normalized spacial score (nSPS) is 30.7. The molecule has 2 aliphatic rings. The molecule has 2 fully saturated rings. The van der Waals surface area contributed by atoms with Crippen LogP contribution >= 0.6 is 0 Å². The predicted octanol–water partition coefficient (Wildman–Crippen LogP) is 2.89. The number of nitrogens with one attached hydrogen (secondary N) is 1. The third-order valence-corrected chi connectivity index (χ3v) is 4.79. The zero-order valence-corrected chi connectivity index (χ0v) is 14.2. The molecule has 0 aromatic rings. The lowest BCUT2D eigenvalue weighted by Gasteiger charge is -2.42. The van der Waals surface area contributed by atoms with Gasteiger partial charge in [-0.3, -0.25) is 4.99 Å². The Kier molecular flexibility index (Phi) is 6.34. The number of rotatable bonds is 5. The van der Waals surface area contributed by atoms with Crippen molar-refractivity contribution < 1.29 is 4.74 Å². The van der Waals surface area contributed by atoms with E-state index in [0.29, 0.717) is 11.3 Å². The first-order valence-electron chi connectivity index (χ1n) is 8.78. The molecule has 0 spiro atoms. The largest absolute Gasteiger partial charge is 0.381 e. The van der Waals surface area contributed by atoms with E-state index >= 15 is 0 Å². The van der Waals surface area contributed by atoms with Gasteiger partial charge in [-0.25, -0.2) is 0 Å². The monoisotopic (exact) mass is 295 g/mol. The van der Waals surface area contributed by atoms with Gasteiger partial charge in [0.1, 0.15) is 0 Å². The zero-order valence-electron chi connectivity index (χ0n) is 14.2. The van der Waals surface area contributed by atoms with Crippen LogP contribution in [0.15, 0.2) is 4.99 Å². The highest BCUT2D eigenvalue weighted by Crippen LogP contribution is 2.33. The summed E-state index contributed by atoms with van der Waals surface area (Å²) in [6, 6.07) is 0. The molecule has 21 heavy (non-hydrogen) atoms. The topological polar surface area (TPSA) is 36.9 Å². The first-order valence-corrected chi connectivity index (χ1v) is 8.78. The van der Waals surface area contributed by atoms with Gasteiger partial charge in [-0.2, -0.15) is 0 Å². The molecule has 0 aromatic heterocycles. The predicted molar refractivity (Wildman–Crippen MR) is 88.7 cm³/mol. The molecule has 122 valence electrons. The highest BCUT2D eigenvalue weighted by Gasteiger charge is 2.31. The van der Waals surface area contributed by atoms with Crippen LogP contribution in [0.5, 0.6) is 0 Å². The Hall–Kier alpha value is -0.770. The van der Waals surface area contributed by atoms with Gasteiger partial charge < -0.3 is 15.0 Å². The molecule has 4 nitrogen and oxygen atoms in total. The quantitative estimate of drug-likeness (QED) is 0.626. The lowest BCUT2D eigenvalue weighted by atomic mass is 9.78. The fourth-order valence-corrected chi connectivity index (χ4v) is 3.67. The molecule has 2 saturated heterocycles.